The molecule has 4 heteroatoms. The highest BCUT2D eigenvalue weighted by molar-refractivity contribution is 7.10. The first-order valence-corrected chi connectivity index (χ1v) is 7.97. The van der Waals surface area contributed by atoms with Crippen molar-refractivity contribution in [2.24, 2.45) is 11.8 Å². The summed E-state index contributed by atoms with van der Waals surface area (Å²) in [6.45, 7) is 4.34. The van der Waals surface area contributed by atoms with Crippen LogP contribution in [0.5, 0.6) is 0 Å². The van der Waals surface area contributed by atoms with Gasteiger partial charge >= 0.3 is 0 Å². The van der Waals surface area contributed by atoms with E-state index >= 15 is 0 Å². The highest BCUT2D eigenvalue weighted by Gasteiger charge is 2.26. The molecule has 3 atom stereocenters. The van der Waals surface area contributed by atoms with Crippen LogP contribution in [-0.4, -0.2) is 23.7 Å². The van der Waals surface area contributed by atoms with E-state index in [1.807, 2.05) is 5.38 Å². The molecule has 0 spiro atoms. The fourth-order valence-corrected chi connectivity index (χ4v) is 3.53. The molecule has 2 N–H and O–H groups in total. The maximum Gasteiger partial charge on any atom is 0.252 e. The third-order valence-corrected chi connectivity index (χ3v) is 4.75. The van der Waals surface area contributed by atoms with Gasteiger partial charge in [-0.25, -0.2) is 0 Å². The molecular weight excluding hydrogens is 270 g/mol. The summed E-state index contributed by atoms with van der Waals surface area (Å²) in [4.78, 5) is 13.0. The molecule has 1 aliphatic carbocycles. The first-order chi connectivity index (χ1) is 9.60. The molecule has 108 valence electrons. The Balaban J connectivity index is 1.96. The third-order valence-electron chi connectivity index (χ3n) is 3.90. The molecule has 1 amide bonds. The van der Waals surface area contributed by atoms with Crippen LogP contribution >= 0.6 is 11.3 Å². The minimum absolute atomic E-state index is 0.00954. The molecule has 0 aliphatic heterocycles. The second-order valence-corrected chi connectivity index (χ2v) is 6.55. The van der Waals surface area contributed by atoms with Gasteiger partial charge in [-0.05, 0) is 37.2 Å². The highest BCUT2D eigenvalue weighted by atomic mass is 32.1. The lowest BCUT2D eigenvalue weighted by Gasteiger charge is -2.33. The second-order valence-electron chi connectivity index (χ2n) is 5.63. The van der Waals surface area contributed by atoms with Gasteiger partial charge in [-0.1, -0.05) is 25.7 Å². The van der Waals surface area contributed by atoms with E-state index in [0.717, 1.165) is 17.2 Å². The lowest BCUT2D eigenvalue weighted by atomic mass is 9.80. The Morgan fingerprint density at radius 1 is 1.50 bits per heavy atom. The predicted molar refractivity (Wildman–Crippen MR) is 81.7 cm³/mol. The molecule has 3 unspecified atom stereocenters. The standard InChI is InChI=1S/C16H21NO2S/c1-11-5-6-15(12(2)8-11)17-16(19)13-9-14(20-10-13)4-3-7-18/h9-12,15,18H,5-8H2,1-2H3,(H,17,19). The van der Waals surface area contributed by atoms with E-state index in [4.69, 9.17) is 5.11 Å². The lowest BCUT2D eigenvalue weighted by molar-refractivity contribution is 0.0900. The fourth-order valence-electron chi connectivity index (χ4n) is 2.78. The zero-order chi connectivity index (χ0) is 14.5. The molecule has 1 aromatic heterocycles. The Hall–Kier alpha value is -1.31. The minimum Gasteiger partial charge on any atom is -0.384 e. The molecule has 0 radical (unpaired) electrons. The molecule has 1 fully saturated rings. The molecule has 3 nitrogen and oxygen atoms in total. The SMILES string of the molecule is CC1CCC(NC(=O)c2csc(C#CCO)c2)C(C)C1. The van der Waals surface area contributed by atoms with Crippen LogP contribution in [0.2, 0.25) is 0 Å². The molecule has 1 heterocycles. The Kier molecular flexibility index (Phi) is 5.22. The zero-order valence-corrected chi connectivity index (χ0v) is 12.8. The number of amides is 1. The Labute approximate surface area is 124 Å². The number of carbonyl (C=O) groups is 1. The van der Waals surface area contributed by atoms with Gasteiger partial charge in [0.1, 0.15) is 6.61 Å². The summed E-state index contributed by atoms with van der Waals surface area (Å²) in [5.74, 6) is 6.71. The Morgan fingerprint density at radius 2 is 2.30 bits per heavy atom. The zero-order valence-electron chi connectivity index (χ0n) is 12.0. The van der Waals surface area contributed by atoms with E-state index in [2.05, 4.69) is 31.0 Å². The quantitative estimate of drug-likeness (QED) is 0.823. The molecule has 1 saturated carbocycles. The number of hydrogen-bond acceptors (Lipinski definition) is 3. The van der Waals surface area contributed by atoms with Crippen molar-refractivity contribution < 1.29 is 9.90 Å². The minimum atomic E-state index is -0.156. The Bertz CT molecular complexity index is 526. The van der Waals surface area contributed by atoms with Crippen LogP contribution in [0.15, 0.2) is 11.4 Å². The topological polar surface area (TPSA) is 49.3 Å². The van der Waals surface area contributed by atoms with Crippen molar-refractivity contribution in [1.29, 1.82) is 0 Å². The van der Waals surface area contributed by atoms with E-state index in [9.17, 15) is 4.79 Å². The van der Waals surface area contributed by atoms with Crippen molar-refractivity contribution in [3.05, 3.63) is 21.9 Å². The van der Waals surface area contributed by atoms with Crippen molar-refractivity contribution in [2.45, 2.75) is 39.2 Å². The molecule has 0 aromatic carbocycles. The van der Waals surface area contributed by atoms with Crippen molar-refractivity contribution in [2.75, 3.05) is 6.61 Å². The number of hydrogen-bond donors (Lipinski definition) is 2. The van der Waals surface area contributed by atoms with E-state index in [1.165, 1.54) is 24.2 Å². The molecule has 1 aliphatic rings. The monoisotopic (exact) mass is 291 g/mol. The van der Waals surface area contributed by atoms with Crippen molar-refractivity contribution in [3.63, 3.8) is 0 Å². The van der Waals surface area contributed by atoms with Gasteiger partial charge in [-0.3, -0.25) is 4.79 Å². The van der Waals surface area contributed by atoms with Crippen molar-refractivity contribution in [1.82, 2.24) is 5.32 Å². The van der Waals surface area contributed by atoms with Gasteiger partial charge in [0.15, 0.2) is 0 Å². The van der Waals surface area contributed by atoms with Crippen molar-refractivity contribution >= 4 is 17.2 Å². The number of aliphatic hydroxyl groups excluding tert-OH is 1. The number of thiophene rings is 1. The van der Waals surface area contributed by atoms with Crippen LogP contribution in [0.25, 0.3) is 0 Å². The average Bonchev–Trinajstić information content (AvgIpc) is 2.88. The van der Waals surface area contributed by atoms with Gasteiger partial charge in [-0.2, -0.15) is 0 Å². The van der Waals surface area contributed by atoms with Gasteiger partial charge in [0, 0.05) is 11.4 Å². The van der Waals surface area contributed by atoms with Gasteiger partial charge in [-0.15, -0.1) is 11.3 Å². The first kappa shape index (κ1) is 15.1. The van der Waals surface area contributed by atoms with Crippen molar-refractivity contribution in [3.8, 4) is 11.8 Å². The van der Waals surface area contributed by atoms with E-state index < -0.39 is 0 Å². The Morgan fingerprint density at radius 3 is 3.00 bits per heavy atom. The molecule has 2 rings (SSSR count). The third kappa shape index (κ3) is 3.84. The maximum absolute atomic E-state index is 12.2. The van der Waals surface area contributed by atoms with Crippen LogP contribution < -0.4 is 5.32 Å². The summed E-state index contributed by atoms with van der Waals surface area (Å²) in [6.07, 6.45) is 3.43. The van der Waals surface area contributed by atoms with Crippen LogP contribution in [0, 0.1) is 23.7 Å². The highest BCUT2D eigenvalue weighted by Crippen LogP contribution is 2.28. The largest absolute Gasteiger partial charge is 0.384 e. The van der Waals surface area contributed by atoms with E-state index in [0.29, 0.717) is 11.5 Å². The van der Waals surface area contributed by atoms with Gasteiger partial charge in [0.05, 0.1) is 10.4 Å². The lowest BCUT2D eigenvalue weighted by Crippen LogP contribution is -2.42. The van der Waals surface area contributed by atoms with Crippen LogP contribution in [0.3, 0.4) is 0 Å². The molecule has 20 heavy (non-hydrogen) atoms. The van der Waals surface area contributed by atoms with Crippen LogP contribution in [-0.2, 0) is 0 Å². The summed E-state index contributed by atoms with van der Waals surface area (Å²) < 4.78 is 0. The molecule has 0 bridgehead atoms. The number of aliphatic hydroxyl groups is 1. The number of nitrogens with one attached hydrogen (secondary N) is 1. The van der Waals surface area contributed by atoms with Gasteiger partial charge in [0.25, 0.3) is 5.91 Å². The molecule has 0 saturated heterocycles. The predicted octanol–water partition coefficient (Wildman–Crippen LogP) is 2.65. The summed E-state index contributed by atoms with van der Waals surface area (Å²) in [5.41, 5.74) is 0.670. The maximum atomic E-state index is 12.2. The van der Waals surface area contributed by atoms with Gasteiger partial charge in [0.2, 0.25) is 0 Å². The second kappa shape index (κ2) is 6.92. The smallest absolute Gasteiger partial charge is 0.252 e. The van der Waals surface area contributed by atoms with E-state index in [-0.39, 0.29) is 18.6 Å². The van der Waals surface area contributed by atoms with Gasteiger partial charge < -0.3 is 10.4 Å². The first-order valence-electron chi connectivity index (χ1n) is 7.09. The fraction of sp³-hybridized carbons (Fsp3) is 0.562. The van der Waals surface area contributed by atoms with E-state index in [1.54, 1.807) is 6.07 Å². The molecule has 1 aromatic rings. The van der Waals surface area contributed by atoms with Crippen LogP contribution in [0.4, 0.5) is 0 Å². The summed E-state index contributed by atoms with van der Waals surface area (Å²) >= 11 is 1.44. The van der Waals surface area contributed by atoms with Crippen LogP contribution in [0.1, 0.15) is 48.3 Å². The molecular formula is C16H21NO2S. The normalized spacial score (nSPS) is 25.6. The number of carbonyl (C=O) groups excluding carboxylic acids is 1. The summed E-state index contributed by atoms with van der Waals surface area (Å²) in [5, 5.41) is 13.6. The average molecular weight is 291 g/mol. The summed E-state index contributed by atoms with van der Waals surface area (Å²) in [6, 6.07) is 2.07. The number of rotatable bonds is 2. The summed E-state index contributed by atoms with van der Waals surface area (Å²) in [7, 11) is 0.